The van der Waals surface area contributed by atoms with E-state index in [9.17, 15) is 19.3 Å². The van der Waals surface area contributed by atoms with Crippen LogP contribution in [0.4, 0.5) is 10.1 Å². The van der Waals surface area contributed by atoms with Crippen LogP contribution in [0.25, 0.3) is 10.9 Å². The molecule has 0 fully saturated rings. The first-order valence-electron chi connectivity index (χ1n) is 6.12. The molecule has 104 valence electrons. The number of nitro groups is 1. The zero-order valence-electron chi connectivity index (χ0n) is 10.7. The van der Waals surface area contributed by atoms with E-state index in [1.165, 1.54) is 36.5 Å². The number of ketones is 1. The number of nitro benzene ring substituents is 1. The molecule has 0 aliphatic rings. The van der Waals surface area contributed by atoms with Crippen molar-refractivity contribution in [1.29, 1.82) is 0 Å². The molecule has 0 bridgehead atoms. The summed E-state index contributed by atoms with van der Waals surface area (Å²) in [6, 6.07) is 9.81. The number of halogens is 1. The average molecular weight is 284 g/mol. The Balaban J connectivity index is 2.16. The van der Waals surface area contributed by atoms with Gasteiger partial charge >= 0.3 is 0 Å². The number of carbonyl (C=O) groups excluding carboxylic acids is 1. The first-order chi connectivity index (χ1) is 10.1. The van der Waals surface area contributed by atoms with E-state index in [1.807, 2.05) is 0 Å². The van der Waals surface area contributed by atoms with Crippen LogP contribution < -0.4 is 0 Å². The lowest BCUT2D eigenvalue weighted by Crippen LogP contribution is -2.00. The van der Waals surface area contributed by atoms with Crippen molar-refractivity contribution in [1.82, 2.24) is 4.98 Å². The highest BCUT2D eigenvalue weighted by molar-refractivity contribution is 6.17. The molecule has 0 aliphatic heterocycles. The van der Waals surface area contributed by atoms with Gasteiger partial charge < -0.3 is 4.98 Å². The molecule has 1 aromatic heterocycles. The standard InChI is InChI=1S/C15H9FN2O3/c16-10-4-1-3-9(7-10)15(19)12-8-17-14-11(12)5-2-6-13(14)18(20)21/h1-8,17H. The highest BCUT2D eigenvalue weighted by Crippen LogP contribution is 2.28. The number of non-ortho nitro benzene ring substituents is 1. The fourth-order valence-corrected chi connectivity index (χ4v) is 2.26. The number of nitrogens with zero attached hydrogens (tertiary/aromatic N) is 1. The van der Waals surface area contributed by atoms with Gasteiger partial charge in [-0.05, 0) is 12.1 Å². The van der Waals surface area contributed by atoms with Crippen LogP contribution in [0.1, 0.15) is 15.9 Å². The zero-order valence-corrected chi connectivity index (χ0v) is 10.7. The van der Waals surface area contributed by atoms with Crippen LogP contribution in [0.2, 0.25) is 0 Å². The molecule has 0 radical (unpaired) electrons. The number of aromatic nitrogens is 1. The van der Waals surface area contributed by atoms with E-state index in [4.69, 9.17) is 0 Å². The van der Waals surface area contributed by atoms with Gasteiger partial charge in [0.2, 0.25) is 0 Å². The largest absolute Gasteiger partial charge is 0.355 e. The number of carbonyl (C=O) groups is 1. The monoisotopic (exact) mass is 284 g/mol. The van der Waals surface area contributed by atoms with Crippen molar-refractivity contribution in [3.05, 3.63) is 75.7 Å². The molecule has 0 saturated heterocycles. The van der Waals surface area contributed by atoms with Gasteiger partial charge in [0.25, 0.3) is 5.69 Å². The molecule has 21 heavy (non-hydrogen) atoms. The molecule has 2 aromatic carbocycles. The van der Waals surface area contributed by atoms with Gasteiger partial charge in [-0.1, -0.05) is 24.3 Å². The zero-order chi connectivity index (χ0) is 15.0. The number of benzene rings is 2. The van der Waals surface area contributed by atoms with Crippen molar-refractivity contribution in [2.75, 3.05) is 0 Å². The number of hydrogen-bond donors (Lipinski definition) is 1. The molecule has 3 aromatic rings. The number of nitrogens with one attached hydrogen (secondary N) is 1. The van der Waals surface area contributed by atoms with E-state index in [0.29, 0.717) is 5.39 Å². The first kappa shape index (κ1) is 13.0. The third-order valence-electron chi connectivity index (χ3n) is 3.22. The summed E-state index contributed by atoms with van der Waals surface area (Å²) in [6.45, 7) is 0. The molecule has 0 aliphatic carbocycles. The molecule has 3 rings (SSSR count). The maximum absolute atomic E-state index is 13.2. The Labute approximate surface area is 118 Å². The van der Waals surface area contributed by atoms with Gasteiger partial charge in [0.05, 0.1) is 4.92 Å². The predicted molar refractivity (Wildman–Crippen MR) is 74.8 cm³/mol. The molecule has 0 saturated carbocycles. The maximum Gasteiger partial charge on any atom is 0.293 e. The molecule has 6 heteroatoms. The molecule has 0 amide bonds. The summed E-state index contributed by atoms with van der Waals surface area (Å²) in [5.74, 6) is -0.895. The second kappa shape index (κ2) is 4.82. The predicted octanol–water partition coefficient (Wildman–Crippen LogP) is 3.45. The molecule has 1 heterocycles. The summed E-state index contributed by atoms with van der Waals surface area (Å²) >= 11 is 0. The minimum Gasteiger partial charge on any atom is -0.355 e. The Morgan fingerprint density at radius 3 is 2.67 bits per heavy atom. The third-order valence-corrected chi connectivity index (χ3v) is 3.22. The summed E-state index contributed by atoms with van der Waals surface area (Å²) in [5.41, 5.74) is 0.648. The van der Waals surface area contributed by atoms with Crippen LogP contribution in [0, 0.1) is 15.9 Å². The van der Waals surface area contributed by atoms with Gasteiger partial charge in [0, 0.05) is 28.8 Å². The van der Waals surface area contributed by atoms with Gasteiger partial charge in [-0.25, -0.2) is 4.39 Å². The first-order valence-corrected chi connectivity index (χ1v) is 6.12. The smallest absolute Gasteiger partial charge is 0.293 e. The van der Waals surface area contributed by atoms with Gasteiger partial charge in [-0.2, -0.15) is 0 Å². The quantitative estimate of drug-likeness (QED) is 0.454. The van der Waals surface area contributed by atoms with E-state index in [2.05, 4.69) is 4.98 Å². The molecular weight excluding hydrogens is 275 g/mol. The highest BCUT2D eigenvalue weighted by Gasteiger charge is 2.19. The number of hydrogen-bond acceptors (Lipinski definition) is 3. The summed E-state index contributed by atoms with van der Waals surface area (Å²) < 4.78 is 13.2. The lowest BCUT2D eigenvalue weighted by Gasteiger charge is -2.00. The van der Waals surface area contributed by atoms with E-state index in [-0.39, 0.29) is 28.1 Å². The van der Waals surface area contributed by atoms with Crippen molar-refractivity contribution in [2.24, 2.45) is 0 Å². The van der Waals surface area contributed by atoms with Crippen LogP contribution in [0.5, 0.6) is 0 Å². The lowest BCUT2D eigenvalue weighted by atomic mass is 10.0. The Morgan fingerprint density at radius 1 is 1.19 bits per heavy atom. The fourth-order valence-electron chi connectivity index (χ4n) is 2.26. The number of fused-ring (bicyclic) bond motifs is 1. The SMILES string of the molecule is O=C(c1cccc(F)c1)c1c[nH]c2c([N+](=O)[O-])cccc12. The van der Waals surface area contributed by atoms with Crippen molar-refractivity contribution in [2.45, 2.75) is 0 Å². The van der Waals surface area contributed by atoms with Crippen molar-refractivity contribution in [3.63, 3.8) is 0 Å². The summed E-state index contributed by atoms with van der Waals surface area (Å²) in [7, 11) is 0. The number of para-hydroxylation sites is 1. The van der Waals surface area contributed by atoms with E-state index >= 15 is 0 Å². The normalized spacial score (nSPS) is 10.7. The van der Waals surface area contributed by atoms with Crippen LogP contribution in [0.15, 0.2) is 48.7 Å². The molecule has 0 atom stereocenters. The maximum atomic E-state index is 13.2. The van der Waals surface area contributed by atoms with Gasteiger partial charge in [-0.15, -0.1) is 0 Å². The topological polar surface area (TPSA) is 76.0 Å². The second-order valence-electron chi connectivity index (χ2n) is 4.50. The molecular formula is C15H9FN2O3. The van der Waals surface area contributed by atoms with Crippen LogP contribution in [-0.4, -0.2) is 15.7 Å². The second-order valence-corrected chi connectivity index (χ2v) is 4.50. The van der Waals surface area contributed by atoms with Gasteiger partial charge in [0.1, 0.15) is 11.3 Å². The minimum absolute atomic E-state index is 0.106. The third kappa shape index (κ3) is 2.16. The van der Waals surface area contributed by atoms with E-state index in [0.717, 1.165) is 6.07 Å². The van der Waals surface area contributed by atoms with Gasteiger partial charge in [0.15, 0.2) is 5.78 Å². The number of rotatable bonds is 3. The summed E-state index contributed by atoms with van der Waals surface area (Å²) in [5, 5.41) is 11.4. The van der Waals surface area contributed by atoms with Crippen molar-refractivity contribution in [3.8, 4) is 0 Å². The summed E-state index contributed by atoms with van der Waals surface area (Å²) in [6.07, 6.45) is 1.41. The molecule has 1 N–H and O–H groups in total. The molecule has 0 spiro atoms. The van der Waals surface area contributed by atoms with E-state index in [1.54, 1.807) is 6.07 Å². The Kier molecular flexibility index (Phi) is 2.98. The Bertz CT molecular complexity index is 870. The van der Waals surface area contributed by atoms with Crippen molar-refractivity contribution >= 4 is 22.4 Å². The molecule has 5 nitrogen and oxygen atoms in total. The van der Waals surface area contributed by atoms with Crippen LogP contribution >= 0.6 is 0 Å². The van der Waals surface area contributed by atoms with Crippen LogP contribution in [-0.2, 0) is 0 Å². The highest BCUT2D eigenvalue weighted by atomic mass is 19.1. The van der Waals surface area contributed by atoms with Gasteiger partial charge in [-0.3, -0.25) is 14.9 Å². The number of aromatic amines is 1. The van der Waals surface area contributed by atoms with Crippen molar-refractivity contribution < 1.29 is 14.1 Å². The fraction of sp³-hybridized carbons (Fsp3) is 0. The van der Waals surface area contributed by atoms with E-state index < -0.39 is 10.7 Å². The minimum atomic E-state index is -0.519. The van der Waals surface area contributed by atoms with Crippen LogP contribution in [0.3, 0.4) is 0 Å². The molecule has 0 unspecified atom stereocenters. The summed E-state index contributed by atoms with van der Waals surface area (Å²) in [4.78, 5) is 25.6. The Hall–Kier alpha value is -3.02. The average Bonchev–Trinajstić information content (AvgIpc) is 2.90. The Morgan fingerprint density at radius 2 is 1.95 bits per heavy atom. The number of H-pyrrole nitrogens is 1. The lowest BCUT2D eigenvalue weighted by molar-refractivity contribution is -0.383.